The van der Waals surface area contributed by atoms with E-state index < -0.39 is 15.4 Å². The number of rotatable bonds is 4. The van der Waals surface area contributed by atoms with Gasteiger partial charge >= 0.3 is 0 Å². The van der Waals surface area contributed by atoms with Gasteiger partial charge < -0.3 is 0 Å². The van der Waals surface area contributed by atoms with Crippen molar-refractivity contribution in [3.8, 4) is 6.07 Å². The van der Waals surface area contributed by atoms with Crippen molar-refractivity contribution >= 4 is 21.7 Å². The predicted octanol–water partition coefficient (Wildman–Crippen LogP) is 3.38. The maximum absolute atomic E-state index is 11.6. The molecular formula is C15H12ClNO3S. The lowest BCUT2D eigenvalue weighted by Crippen LogP contribution is -2.15. The van der Waals surface area contributed by atoms with E-state index in [1.807, 2.05) is 6.07 Å². The van der Waals surface area contributed by atoms with Gasteiger partial charge in [-0.25, -0.2) is 0 Å². The molecule has 0 radical (unpaired) electrons. The SMILES string of the molecule is N#Cc1ccc(C(Cc2ccc(Cl)cc2)S(=O)(=O)O)cc1. The van der Waals surface area contributed by atoms with Crippen molar-refractivity contribution in [3.05, 3.63) is 70.2 Å². The Morgan fingerprint density at radius 2 is 1.67 bits per heavy atom. The molecule has 0 aliphatic rings. The monoisotopic (exact) mass is 321 g/mol. The van der Waals surface area contributed by atoms with Crippen LogP contribution in [0.1, 0.15) is 21.9 Å². The second-order valence-electron chi connectivity index (χ2n) is 4.57. The van der Waals surface area contributed by atoms with E-state index in [2.05, 4.69) is 0 Å². The van der Waals surface area contributed by atoms with Crippen LogP contribution in [-0.2, 0) is 16.5 Å². The Kier molecular flexibility index (Phi) is 4.63. The number of nitrogens with zero attached hydrogens (tertiary/aromatic N) is 1. The smallest absolute Gasteiger partial charge is 0.272 e. The van der Waals surface area contributed by atoms with E-state index in [9.17, 15) is 13.0 Å². The van der Waals surface area contributed by atoms with Gasteiger partial charge in [0.05, 0.1) is 11.6 Å². The van der Waals surface area contributed by atoms with Crippen LogP contribution in [0.2, 0.25) is 5.02 Å². The summed E-state index contributed by atoms with van der Waals surface area (Å²) in [5.74, 6) is 0. The van der Waals surface area contributed by atoms with Crippen LogP contribution >= 0.6 is 11.6 Å². The first-order chi connectivity index (χ1) is 9.90. The molecule has 21 heavy (non-hydrogen) atoms. The Labute approximate surface area is 128 Å². The van der Waals surface area contributed by atoms with Crippen molar-refractivity contribution in [2.75, 3.05) is 0 Å². The maximum atomic E-state index is 11.6. The highest BCUT2D eigenvalue weighted by molar-refractivity contribution is 7.86. The van der Waals surface area contributed by atoms with Crippen molar-refractivity contribution in [1.29, 1.82) is 5.26 Å². The van der Waals surface area contributed by atoms with Crippen LogP contribution < -0.4 is 0 Å². The molecule has 0 bridgehead atoms. The second kappa shape index (κ2) is 6.27. The van der Waals surface area contributed by atoms with Gasteiger partial charge in [0.1, 0.15) is 5.25 Å². The molecule has 2 aromatic carbocycles. The zero-order chi connectivity index (χ0) is 15.5. The molecule has 1 N–H and O–H groups in total. The number of halogens is 1. The topological polar surface area (TPSA) is 78.2 Å². The van der Waals surface area contributed by atoms with Crippen LogP contribution in [0.3, 0.4) is 0 Å². The summed E-state index contributed by atoms with van der Waals surface area (Å²) in [5.41, 5.74) is 1.61. The fourth-order valence-corrected chi connectivity index (χ4v) is 3.03. The third-order valence-electron chi connectivity index (χ3n) is 3.11. The number of nitriles is 1. The minimum Gasteiger partial charge on any atom is -0.285 e. The van der Waals surface area contributed by atoms with E-state index in [1.165, 1.54) is 24.3 Å². The molecule has 0 fully saturated rings. The third kappa shape index (κ3) is 4.05. The van der Waals surface area contributed by atoms with Gasteiger partial charge in [-0.3, -0.25) is 4.55 Å². The quantitative estimate of drug-likeness (QED) is 0.875. The lowest BCUT2D eigenvalue weighted by molar-refractivity contribution is 0.467. The van der Waals surface area contributed by atoms with Gasteiger partial charge in [-0.1, -0.05) is 35.9 Å². The normalized spacial score (nSPS) is 12.6. The fourth-order valence-electron chi connectivity index (χ4n) is 2.00. The first-order valence-corrected chi connectivity index (χ1v) is 7.99. The molecule has 0 saturated carbocycles. The Balaban J connectivity index is 2.35. The van der Waals surface area contributed by atoms with Crippen molar-refractivity contribution in [2.45, 2.75) is 11.7 Å². The third-order valence-corrected chi connectivity index (χ3v) is 4.52. The first kappa shape index (κ1) is 15.5. The van der Waals surface area contributed by atoms with Gasteiger partial charge in [-0.15, -0.1) is 0 Å². The largest absolute Gasteiger partial charge is 0.285 e. The summed E-state index contributed by atoms with van der Waals surface area (Å²) in [4.78, 5) is 0. The molecule has 0 aliphatic carbocycles. The summed E-state index contributed by atoms with van der Waals surface area (Å²) < 4.78 is 32.7. The fraction of sp³-hybridized carbons (Fsp3) is 0.133. The zero-order valence-corrected chi connectivity index (χ0v) is 12.5. The summed E-state index contributed by atoms with van der Waals surface area (Å²) in [6.45, 7) is 0. The predicted molar refractivity (Wildman–Crippen MR) is 80.6 cm³/mol. The molecule has 108 valence electrons. The summed E-state index contributed by atoms with van der Waals surface area (Å²) in [6.07, 6.45) is 0.127. The van der Waals surface area contributed by atoms with Gasteiger partial charge in [0.25, 0.3) is 10.1 Å². The Morgan fingerprint density at radius 3 is 2.14 bits per heavy atom. The highest BCUT2D eigenvalue weighted by atomic mass is 35.5. The molecule has 6 heteroatoms. The first-order valence-electron chi connectivity index (χ1n) is 6.11. The van der Waals surface area contributed by atoms with Gasteiger partial charge in [-0.05, 0) is 41.8 Å². The molecule has 0 saturated heterocycles. The molecule has 0 heterocycles. The van der Waals surface area contributed by atoms with Crippen LogP contribution in [0, 0.1) is 11.3 Å². The molecule has 0 spiro atoms. The second-order valence-corrected chi connectivity index (χ2v) is 6.60. The summed E-state index contributed by atoms with van der Waals surface area (Å²) >= 11 is 5.79. The van der Waals surface area contributed by atoms with Gasteiger partial charge in [0.2, 0.25) is 0 Å². The van der Waals surface area contributed by atoms with Crippen LogP contribution in [0.4, 0.5) is 0 Å². The van der Waals surface area contributed by atoms with E-state index in [-0.39, 0.29) is 6.42 Å². The highest BCUT2D eigenvalue weighted by Crippen LogP contribution is 2.26. The van der Waals surface area contributed by atoms with E-state index in [1.54, 1.807) is 24.3 Å². The lowest BCUT2D eigenvalue weighted by Gasteiger charge is -2.14. The minimum absolute atomic E-state index is 0.127. The number of benzene rings is 2. The average molecular weight is 322 g/mol. The molecule has 0 aliphatic heterocycles. The highest BCUT2D eigenvalue weighted by Gasteiger charge is 2.25. The van der Waals surface area contributed by atoms with Gasteiger partial charge in [0, 0.05) is 5.02 Å². The maximum Gasteiger partial charge on any atom is 0.272 e. The van der Waals surface area contributed by atoms with Crippen molar-refractivity contribution in [1.82, 2.24) is 0 Å². The van der Waals surface area contributed by atoms with Crippen LogP contribution in [0.25, 0.3) is 0 Å². The van der Waals surface area contributed by atoms with Crippen molar-refractivity contribution in [3.63, 3.8) is 0 Å². The molecule has 2 rings (SSSR count). The summed E-state index contributed by atoms with van der Waals surface area (Å²) in [6, 6.07) is 14.8. The standard InChI is InChI=1S/C15H12ClNO3S/c16-14-7-3-11(4-8-14)9-15(21(18,19)20)13-5-1-12(10-17)2-6-13/h1-8,15H,9H2,(H,18,19,20). The minimum atomic E-state index is -4.26. The van der Waals surface area contributed by atoms with Crippen molar-refractivity contribution < 1.29 is 13.0 Å². The number of hydrogen-bond acceptors (Lipinski definition) is 3. The van der Waals surface area contributed by atoms with Crippen molar-refractivity contribution in [2.24, 2.45) is 0 Å². The molecule has 4 nitrogen and oxygen atoms in total. The van der Waals surface area contributed by atoms with E-state index in [0.29, 0.717) is 16.1 Å². The molecule has 1 atom stereocenters. The van der Waals surface area contributed by atoms with Gasteiger partial charge in [-0.2, -0.15) is 13.7 Å². The average Bonchev–Trinajstić information content (AvgIpc) is 2.45. The number of hydrogen-bond donors (Lipinski definition) is 1. The summed E-state index contributed by atoms with van der Waals surface area (Å²) in [5, 5.41) is 8.24. The van der Waals surface area contributed by atoms with Crippen LogP contribution in [-0.4, -0.2) is 13.0 Å². The molecule has 1 unspecified atom stereocenters. The molecule has 2 aromatic rings. The summed E-state index contributed by atoms with van der Waals surface area (Å²) in [7, 11) is -4.26. The Morgan fingerprint density at radius 1 is 1.10 bits per heavy atom. The van der Waals surface area contributed by atoms with Crippen LogP contribution in [0.5, 0.6) is 0 Å². The van der Waals surface area contributed by atoms with Crippen LogP contribution in [0.15, 0.2) is 48.5 Å². The van der Waals surface area contributed by atoms with E-state index in [0.717, 1.165) is 5.56 Å². The Bertz CT molecular complexity index is 762. The zero-order valence-electron chi connectivity index (χ0n) is 10.9. The molecule has 0 aromatic heterocycles. The van der Waals surface area contributed by atoms with E-state index in [4.69, 9.17) is 16.9 Å². The Hall–Kier alpha value is -1.87. The van der Waals surface area contributed by atoms with E-state index >= 15 is 0 Å². The molecular weight excluding hydrogens is 310 g/mol. The molecule has 0 amide bonds. The lowest BCUT2D eigenvalue weighted by atomic mass is 10.0. The van der Waals surface area contributed by atoms with Gasteiger partial charge in [0.15, 0.2) is 0 Å².